The summed E-state index contributed by atoms with van der Waals surface area (Å²) < 4.78 is 18.2. The number of nitrogen functional groups attached to an aromatic ring is 1. The van der Waals surface area contributed by atoms with E-state index in [9.17, 15) is 9.50 Å². The molecule has 29 heavy (non-hydrogen) atoms. The number of fused-ring (bicyclic) bond motifs is 1. The number of hydrogen-bond donors (Lipinski definition) is 3. The van der Waals surface area contributed by atoms with Crippen LogP contribution in [0.15, 0.2) is 40.8 Å². The van der Waals surface area contributed by atoms with Gasteiger partial charge in [0.05, 0.1) is 11.3 Å². The monoisotopic (exact) mass is 412 g/mol. The van der Waals surface area contributed by atoms with Crippen molar-refractivity contribution in [2.45, 2.75) is 25.9 Å². The van der Waals surface area contributed by atoms with Crippen molar-refractivity contribution in [2.75, 3.05) is 18.2 Å². The van der Waals surface area contributed by atoms with Crippen molar-refractivity contribution in [2.24, 2.45) is 4.36 Å². The molecule has 0 unspecified atom stereocenters. The molecule has 0 atom stereocenters. The highest BCUT2D eigenvalue weighted by molar-refractivity contribution is 7.85. The van der Waals surface area contributed by atoms with Gasteiger partial charge in [-0.05, 0) is 61.6 Å². The number of halogens is 1. The van der Waals surface area contributed by atoms with Crippen molar-refractivity contribution in [3.63, 3.8) is 0 Å². The van der Waals surface area contributed by atoms with E-state index in [0.717, 1.165) is 21.9 Å². The molecule has 0 radical (unpaired) electrons. The van der Waals surface area contributed by atoms with Crippen LogP contribution in [-0.2, 0) is 17.1 Å². The molecule has 0 saturated carbocycles. The van der Waals surface area contributed by atoms with Crippen LogP contribution in [0.3, 0.4) is 0 Å². The van der Waals surface area contributed by atoms with Crippen LogP contribution >= 0.6 is 0 Å². The van der Waals surface area contributed by atoms with Gasteiger partial charge in [-0.25, -0.2) is 13.7 Å². The second-order valence-corrected chi connectivity index (χ2v) is 9.52. The van der Waals surface area contributed by atoms with E-state index < -0.39 is 5.60 Å². The Labute approximate surface area is 172 Å². The van der Waals surface area contributed by atoms with Crippen LogP contribution in [0.25, 0.3) is 21.9 Å². The number of benzene rings is 2. The number of aliphatic hydroxyl groups is 1. The first-order valence-corrected chi connectivity index (χ1v) is 11.1. The van der Waals surface area contributed by atoms with E-state index in [1.165, 1.54) is 18.3 Å². The number of nitrogens with two attached hydrogens (primary N) is 1. The van der Waals surface area contributed by atoms with Gasteiger partial charge in [-0.3, -0.25) is 0 Å². The van der Waals surface area contributed by atoms with E-state index >= 15 is 0 Å². The molecule has 2 aromatic carbocycles. The zero-order valence-corrected chi connectivity index (χ0v) is 17.8. The number of rotatable bonds is 5. The second kappa shape index (κ2) is 8.00. The SMILES string of the molecule is CS(C)=Nc1nc(CC(C)(C)O)c(-c2ccc(F)cc2)c2cc(C=N)c(N)cc12. The topological polar surface area (TPSA) is 95.4 Å². The van der Waals surface area contributed by atoms with Crippen LogP contribution < -0.4 is 5.73 Å². The molecule has 0 aliphatic heterocycles. The Kier molecular flexibility index (Phi) is 5.82. The number of anilines is 1. The highest BCUT2D eigenvalue weighted by atomic mass is 32.2. The van der Waals surface area contributed by atoms with Crippen LogP contribution in [0.4, 0.5) is 15.9 Å². The van der Waals surface area contributed by atoms with Gasteiger partial charge in [-0.2, -0.15) is 0 Å². The van der Waals surface area contributed by atoms with Gasteiger partial charge in [0, 0.05) is 34.8 Å². The molecular weight excluding hydrogens is 387 g/mol. The summed E-state index contributed by atoms with van der Waals surface area (Å²) >= 11 is 0. The van der Waals surface area contributed by atoms with E-state index in [0.29, 0.717) is 29.2 Å². The number of nitrogens with one attached hydrogen (secondary N) is 1. The molecule has 3 aromatic rings. The summed E-state index contributed by atoms with van der Waals surface area (Å²) in [7, 11) is -0.257. The van der Waals surface area contributed by atoms with Crippen molar-refractivity contribution in [1.82, 2.24) is 4.98 Å². The van der Waals surface area contributed by atoms with Crippen molar-refractivity contribution >= 4 is 39.2 Å². The molecule has 152 valence electrons. The molecule has 4 N–H and O–H groups in total. The third-order valence-electron chi connectivity index (χ3n) is 4.42. The van der Waals surface area contributed by atoms with Gasteiger partial charge < -0.3 is 16.2 Å². The molecular formula is C22H25FN4OS. The molecule has 0 spiro atoms. The average molecular weight is 413 g/mol. The molecule has 1 heterocycles. The lowest BCUT2D eigenvalue weighted by molar-refractivity contribution is 0.0801. The second-order valence-electron chi connectivity index (χ2n) is 7.79. The Hall–Kier alpha value is -2.64. The van der Waals surface area contributed by atoms with Crippen LogP contribution in [-0.4, -0.2) is 34.4 Å². The highest BCUT2D eigenvalue weighted by Gasteiger charge is 2.22. The Morgan fingerprint density at radius 1 is 1.21 bits per heavy atom. The Bertz CT molecular complexity index is 1110. The van der Waals surface area contributed by atoms with Gasteiger partial charge in [-0.15, -0.1) is 0 Å². The Morgan fingerprint density at radius 2 is 1.86 bits per heavy atom. The van der Waals surface area contributed by atoms with Gasteiger partial charge in [0.1, 0.15) is 5.82 Å². The van der Waals surface area contributed by atoms with Crippen molar-refractivity contribution < 1.29 is 9.50 Å². The van der Waals surface area contributed by atoms with Gasteiger partial charge in [0.15, 0.2) is 5.82 Å². The predicted octanol–water partition coefficient (Wildman–Crippen LogP) is 4.63. The lowest BCUT2D eigenvalue weighted by Gasteiger charge is -2.21. The number of aromatic nitrogens is 1. The van der Waals surface area contributed by atoms with Crippen LogP contribution in [0.1, 0.15) is 25.1 Å². The maximum Gasteiger partial charge on any atom is 0.167 e. The lowest BCUT2D eigenvalue weighted by Crippen LogP contribution is -2.23. The smallest absolute Gasteiger partial charge is 0.167 e. The zero-order valence-electron chi connectivity index (χ0n) is 17.0. The van der Waals surface area contributed by atoms with Crippen LogP contribution in [0.2, 0.25) is 0 Å². The molecule has 0 saturated heterocycles. The van der Waals surface area contributed by atoms with Crippen LogP contribution in [0, 0.1) is 11.2 Å². The first-order valence-electron chi connectivity index (χ1n) is 9.13. The molecule has 0 bridgehead atoms. The minimum atomic E-state index is -0.995. The fourth-order valence-corrected chi connectivity index (χ4v) is 3.75. The van der Waals surface area contributed by atoms with Crippen LogP contribution in [0.5, 0.6) is 0 Å². The maximum absolute atomic E-state index is 13.6. The van der Waals surface area contributed by atoms with E-state index in [1.54, 1.807) is 32.0 Å². The summed E-state index contributed by atoms with van der Waals surface area (Å²) in [4.78, 5) is 4.80. The number of pyridine rings is 1. The summed E-state index contributed by atoms with van der Waals surface area (Å²) in [6.07, 6.45) is 5.49. The van der Waals surface area contributed by atoms with E-state index in [-0.39, 0.29) is 16.5 Å². The molecule has 5 nitrogen and oxygen atoms in total. The minimum absolute atomic E-state index is 0.257. The third kappa shape index (κ3) is 4.68. The normalized spacial score (nSPS) is 11.8. The van der Waals surface area contributed by atoms with E-state index in [4.69, 9.17) is 16.1 Å². The third-order valence-corrected chi connectivity index (χ3v) is 4.96. The van der Waals surface area contributed by atoms with Gasteiger partial charge >= 0.3 is 0 Å². The first kappa shape index (κ1) is 21.1. The van der Waals surface area contributed by atoms with Gasteiger partial charge in [0.2, 0.25) is 0 Å². The summed E-state index contributed by atoms with van der Waals surface area (Å²) in [5.41, 5.74) is 8.43. The van der Waals surface area contributed by atoms with Crippen molar-refractivity contribution in [3.05, 3.63) is 53.5 Å². The summed E-state index contributed by atoms with van der Waals surface area (Å²) in [6, 6.07) is 9.82. The lowest BCUT2D eigenvalue weighted by atomic mass is 9.90. The Morgan fingerprint density at radius 3 is 2.41 bits per heavy atom. The minimum Gasteiger partial charge on any atom is -0.398 e. The molecule has 0 aliphatic rings. The highest BCUT2D eigenvalue weighted by Crippen LogP contribution is 2.39. The standard InChI is InChI=1S/C22H25FN4OS/c1-22(2,28)11-19-20(13-5-7-15(23)8-6-13)16-9-14(12-24)18(25)10-17(16)21(26-19)27-29(3)4/h5-10,12,24,28H,11,25H2,1-4H3. The molecule has 0 fully saturated rings. The quantitative estimate of drug-likeness (QED) is 0.421. The number of nitrogens with zero attached hydrogens (tertiary/aromatic N) is 2. The summed E-state index contributed by atoms with van der Waals surface area (Å²) in [5.74, 6) is 0.230. The number of hydrogen-bond acceptors (Lipinski definition) is 5. The van der Waals surface area contributed by atoms with Gasteiger partial charge in [0.25, 0.3) is 0 Å². The maximum atomic E-state index is 13.6. The molecule has 0 aliphatic carbocycles. The molecule has 7 heteroatoms. The average Bonchev–Trinajstić information content (AvgIpc) is 2.61. The van der Waals surface area contributed by atoms with Crippen molar-refractivity contribution in [1.29, 1.82) is 5.41 Å². The first-order chi connectivity index (χ1) is 13.6. The van der Waals surface area contributed by atoms with Crippen molar-refractivity contribution in [3.8, 4) is 11.1 Å². The fourth-order valence-electron chi connectivity index (χ4n) is 3.27. The Balaban J connectivity index is 2.49. The molecule has 1 aromatic heterocycles. The molecule has 0 amide bonds. The fraction of sp³-hybridized carbons (Fsp3) is 0.273. The largest absolute Gasteiger partial charge is 0.398 e. The van der Waals surface area contributed by atoms with E-state index in [1.807, 2.05) is 18.6 Å². The zero-order chi connectivity index (χ0) is 21.3. The van der Waals surface area contributed by atoms with E-state index in [2.05, 4.69) is 4.36 Å². The summed E-state index contributed by atoms with van der Waals surface area (Å²) in [6.45, 7) is 3.45. The van der Waals surface area contributed by atoms with Gasteiger partial charge in [-0.1, -0.05) is 22.8 Å². The predicted molar refractivity (Wildman–Crippen MR) is 121 cm³/mol. The molecule has 3 rings (SSSR count). The summed E-state index contributed by atoms with van der Waals surface area (Å²) in [5, 5.41) is 19.8.